The molecule has 0 aliphatic rings. The Morgan fingerprint density at radius 2 is 1.84 bits per heavy atom. The van der Waals surface area contributed by atoms with Gasteiger partial charge in [0.05, 0.1) is 7.11 Å². The lowest BCUT2D eigenvalue weighted by atomic mass is 10.2. The third-order valence-corrected chi connectivity index (χ3v) is 2.13. The molecule has 0 amide bonds. The highest BCUT2D eigenvalue weighted by molar-refractivity contribution is 5.75. The Bertz CT molecular complexity index is 460. The summed E-state index contributed by atoms with van der Waals surface area (Å²) in [5.41, 5.74) is 12.9. The van der Waals surface area contributed by atoms with E-state index in [1.165, 1.54) is 0 Å². The maximum atomic E-state index is 10.1. The second kappa shape index (κ2) is 9.53. The Morgan fingerprint density at radius 3 is 2.26 bits per heavy atom. The molecule has 0 aliphatic heterocycles. The topological polar surface area (TPSA) is 78.3 Å². The number of hydrogen-bond acceptors (Lipinski definition) is 4. The van der Waals surface area contributed by atoms with Gasteiger partial charge in [0.2, 0.25) is 0 Å². The van der Waals surface area contributed by atoms with Crippen LogP contribution in [0.4, 0.5) is 5.69 Å². The van der Waals surface area contributed by atoms with E-state index in [1.807, 2.05) is 6.92 Å². The second-order valence-electron chi connectivity index (χ2n) is 3.58. The normalized spacial score (nSPS) is 10.5. The van der Waals surface area contributed by atoms with Gasteiger partial charge in [-0.2, -0.15) is 0 Å². The number of carbonyl (C=O) groups excluding carboxylic acids is 1. The van der Waals surface area contributed by atoms with Crippen LogP contribution >= 0.6 is 0 Å². The molecule has 0 fully saturated rings. The lowest BCUT2D eigenvalue weighted by Gasteiger charge is -1.94. The van der Waals surface area contributed by atoms with Gasteiger partial charge in [0.25, 0.3) is 0 Å². The Balaban J connectivity index is 0.000000342. The van der Waals surface area contributed by atoms with Crippen LogP contribution in [-0.2, 0) is 4.74 Å². The molecule has 0 radical (unpaired) electrons. The highest BCUT2D eigenvalue weighted by Gasteiger charge is 1.85. The molecule has 1 rings (SSSR count). The van der Waals surface area contributed by atoms with Crippen LogP contribution in [0.1, 0.15) is 17.3 Å². The average Bonchev–Trinajstić information content (AvgIpc) is 2.45. The number of carbonyl (C=O) groups is 1. The largest absolute Gasteiger partial charge is 0.497 e. The molecule has 0 spiro atoms. The van der Waals surface area contributed by atoms with Crippen LogP contribution in [0, 0.1) is 0 Å². The number of rotatable bonds is 4. The number of nitrogens with two attached hydrogens (primary N) is 2. The van der Waals surface area contributed by atoms with E-state index in [1.54, 1.807) is 49.6 Å². The Hall–Kier alpha value is -2.49. The molecular weight excluding hydrogens is 240 g/mol. The molecule has 0 aliphatic carbocycles. The van der Waals surface area contributed by atoms with Crippen LogP contribution in [-0.4, -0.2) is 13.4 Å². The number of hydrogen-bond donors (Lipinski definition) is 2. The summed E-state index contributed by atoms with van der Waals surface area (Å²) in [5, 5.41) is 0. The first kappa shape index (κ1) is 16.5. The molecule has 0 atom stereocenters. The van der Waals surface area contributed by atoms with E-state index in [-0.39, 0.29) is 0 Å². The van der Waals surface area contributed by atoms with Crippen molar-refractivity contribution in [1.29, 1.82) is 0 Å². The van der Waals surface area contributed by atoms with Crippen molar-refractivity contribution in [3.8, 4) is 0 Å². The van der Waals surface area contributed by atoms with Crippen molar-refractivity contribution in [3.63, 3.8) is 0 Å². The van der Waals surface area contributed by atoms with Crippen molar-refractivity contribution in [2.75, 3.05) is 12.8 Å². The molecule has 0 aromatic heterocycles. The summed E-state index contributed by atoms with van der Waals surface area (Å²) < 4.78 is 4.78. The number of aldehydes is 1. The minimum absolute atomic E-state index is 0.602. The van der Waals surface area contributed by atoms with Gasteiger partial charge in [-0.15, -0.1) is 0 Å². The quantitative estimate of drug-likeness (QED) is 0.377. The Labute approximate surface area is 114 Å². The van der Waals surface area contributed by atoms with Crippen molar-refractivity contribution in [2.45, 2.75) is 6.92 Å². The molecule has 0 heterocycles. The molecule has 4 heteroatoms. The molecule has 1 aromatic carbocycles. The van der Waals surface area contributed by atoms with Gasteiger partial charge in [-0.1, -0.05) is 12.7 Å². The van der Waals surface area contributed by atoms with Crippen molar-refractivity contribution in [3.05, 3.63) is 66.1 Å². The molecule has 4 N–H and O–H groups in total. The molecule has 0 bridgehead atoms. The van der Waals surface area contributed by atoms with Gasteiger partial charge in [0.15, 0.2) is 0 Å². The van der Waals surface area contributed by atoms with Gasteiger partial charge < -0.3 is 16.2 Å². The average molecular weight is 260 g/mol. The van der Waals surface area contributed by atoms with Gasteiger partial charge >= 0.3 is 0 Å². The summed E-state index contributed by atoms with van der Waals surface area (Å²) in [6.07, 6.45) is 6.06. The van der Waals surface area contributed by atoms with Crippen molar-refractivity contribution in [2.24, 2.45) is 5.73 Å². The number of methoxy groups -OCH3 is 1. The van der Waals surface area contributed by atoms with E-state index in [2.05, 4.69) is 6.58 Å². The van der Waals surface area contributed by atoms with Crippen molar-refractivity contribution in [1.82, 2.24) is 0 Å². The lowest BCUT2D eigenvalue weighted by molar-refractivity contribution is 0.112. The Kier molecular flexibility index (Phi) is 8.28. The highest BCUT2D eigenvalue weighted by Crippen LogP contribution is 2.01. The van der Waals surface area contributed by atoms with Crippen LogP contribution in [0.15, 0.2) is 60.5 Å². The lowest BCUT2D eigenvalue weighted by Crippen LogP contribution is -1.91. The van der Waals surface area contributed by atoms with Crippen LogP contribution in [0.5, 0.6) is 0 Å². The predicted octanol–water partition coefficient (Wildman–Crippen LogP) is 2.65. The van der Waals surface area contributed by atoms with E-state index >= 15 is 0 Å². The van der Waals surface area contributed by atoms with Crippen LogP contribution in [0.2, 0.25) is 0 Å². The van der Waals surface area contributed by atoms with E-state index in [0.29, 0.717) is 22.7 Å². The maximum Gasteiger partial charge on any atom is 0.150 e. The zero-order chi connectivity index (χ0) is 14.7. The maximum absolute atomic E-state index is 10.1. The van der Waals surface area contributed by atoms with Gasteiger partial charge in [0, 0.05) is 16.9 Å². The SMILES string of the molecule is C=C(/C=C\C(N)=C/C)OC.Nc1ccc(C=O)cc1. The fourth-order valence-electron chi connectivity index (χ4n) is 0.928. The number of allylic oxidation sites excluding steroid dienone is 3. The van der Waals surface area contributed by atoms with E-state index in [4.69, 9.17) is 16.2 Å². The summed E-state index contributed by atoms with van der Waals surface area (Å²) in [4.78, 5) is 10.1. The molecule has 1 aromatic rings. The van der Waals surface area contributed by atoms with Gasteiger partial charge in [-0.25, -0.2) is 0 Å². The third kappa shape index (κ3) is 8.26. The summed E-state index contributed by atoms with van der Waals surface area (Å²) in [6.45, 7) is 5.46. The molecule has 0 saturated carbocycles. The van der Waals surface area contributed by atoms with E-state index in [0.717, 1.165) is 6.29 Å². The number of anilines is 1. The zero-order valence-corrected chi connectivity index (χ0v) is 11.3. The van der Waals surface area contributed by atoms with E-state index < -0.39 is 0 Å². The minimum atomic E-state index is 0.602. The fourth-order valence-corrected chi connectivity index (χ4v) is 0.928. The second-order valence-corrected chi connectivity index (χ2v) is 3.58. The van der Waals surface area contributed by atoms with Crippen LogP contribution in [0.25, 0.3) is 0 Å². The Morgan fingerprint density at radius 1 is 1.26 bits per heavy atom. The van der Waals surface area contributed by atoms with E-state index in [9.17, 15) is 4.79 Å². The van der Waals surface area contributed by atoms with Crippen molar-refractivity contribution >= 4 is 12.0 Å². The summed E-state index contributed by atoms with van der Waals surface area (Å²) in [5.74, 6) is 0.602. The van der Waals surface area contributed by atoms with Crippen LogP contribution in [0.3, 0.4) is 0 Å². The monoisotopic (exact) mass is 260 g/mol. The highest BCUT2D eigenvalue weighted by atomic mass is 16.5. The summed E-state index contributed by atoms with van der Waals surface area (Å²) in [6, 6.07) is 6.76. The minimum Gasteiger partial charge on any atom is -0.497 e. The molecular formula is C15H20N2O2. The van der Waals surface area contributed by atoms with Crippen molar-refractivity contribution < 1.29 is 9.53 Å². The zero-order valence-electron chi connectivity index (χ0n) is 11.3. The molecule has 0 unspecified atom stereocenters. The fraction of sp³-hybridized carbons (Fsp3) is 0.133. The predicted molar refractivity (Wildman–Crippen MR) is 79.5 cm³/mol. The first-order valence-electron chi connectivity index (χ1n) is 5.67. The number of benzene rings is 1. The van der Waals surface area contributed by atoms with Gasteiger partial charge in [-0.3, -0.25) is 4.79 Å². The molecule has 19 heavy (non-hydrogen) atoms. The third-order valence-electron chi connectivity index (χ3n) is 2.13. The first-order valence-corrected chi connectivity index (χ1v) is 5.67. The van der Waals surface area contributed by atoms with Crippen LogP contribution < -0.4 is 11.5 Å². The first-order chi connectivity index (χ1) is 9.03. The number of nitrogen functional groups attached to an aromatic ring is 1. The molecule has 102 valence electrons. The number of ether oxygens (including phenoxy) is 1. The smallest absolute Gasteiger partial charge is 0.150 e. The summed E-state index contributed by atoms with van der Waals surface area (Å²) in [7, 11) is 1.57. The van der Waals surface area contributed by atoms with Gasteiger partial charge in [-0.05, 0) is 43.3 Å². The standard InChI is InChI=1S/C8H13NO.C7H7NO/c1-4-8(9)6-5-7(2)10-3;8-7-3-1-6(5-9)2-4-7/h4-6H,2,9H2,1,3H3;1-5H,8H2/b6-5-,8-4+;. The molecule has 0 saturated heterocycles. The molecule has 4 nitrogen and oxygen atoms in total. The summed E-state index contributed by atoms with van der Waals surface area (Å²) >= 11 is 0. The van der Waals surface area contributed by atoms with Gasteiger partial charge in [0.1, 0.15) is 12.0 Å².